The molecule has 0 radical (unpaired) electrons. The summed E-state index contributed by atoms with van der Waals surface area (Å²) in [5.41, 5.74) is -1.56. The molecule has 5 aromatic rings. The van der Waals surface area contributed by atoms with E-state index in [4.69, 9.17) is 14.2 Å². The highest BCUT2D eigenvalue weighted by atomic mass is 16.6. The van der Waals surface area contributed by atoms with Gasteiger partial charge in [-0.25, -0.2) is 9.69 Å². The molecule has 342 valence electrons. The fourth-order valence-corrected chi connectivity index (χ4v) is 10.5. The molecule has 67 heavy (non-hydrogen) atoms. The fraction of sp³-hybridized carbons (Fsp3) is 0.308. The van der Waals surface area contributed by atoms with Crippen molar-refractivity contribution in [3.05, 3.63) is 171 Å². The molecular weight excluding hydrogens is 859 g/mol. The summed E-state index contributed by atoms with van der Waals surface area (Å²) >= 11 is 0. The molecule has 15 nitrogen and oxygen atoms in total. The number of carboxylic acid groups (broad SMARTS) is 1. The van der Waals surface area contributed by atoms with Crippen molar-refractivity contribution in [3.8, 4) is 17.6 Å². The zero-order valence-corrected chi connectivity index (χ0v) is 36.2. The third-order valence-corrected chi connectivity index (χ3v) is 13.3. The van der Waals surface area contributed by atoms with Crippen LogP contribution in [0.3, 0.4) is 0 Å². The summed E-state index contributed by atoms with van der Waals surface area (Å²) in [6, 6.07) is 30.7. The number of anilines is 1. The summed E-state index contributed by atoms with van der Waals surface area (Å²) in [6.07, 6.45) is 2.19. The number of aliphatic hydroxyl groups excluding tert-OH is 1. The number of nitrogens with zero attached hydrogens (tertiary/aromatic N) is 3. The van der Waals surface area contributed by atoms with Crippen molar-refractivity contribution in [3.63, 3.8) is 0 Å². The molecule has 9 rings (SSSR count). The maximum Gasteiger partial charge on any atom is 0.421 e. The number of ether oxygens (including phenoxy) is 3. The quantitative estimate of drug-likeness (QED) is 0.0409. The molecule has 3 aliphatic heterocycles. The summed E-state index contributed by atoms with van der Waals surface area (Å²) in [4.78, 5) is 73.5. The number of cyclic esters (lactones) is 1. The van der Waals surface area contributed by atoms with Crippen LogP contribution in [0.5, 0.6) is 5.75 Å². The number of carbonyl (C=O) groups excluding carboxylic acids is 3. The molecule has 0 aromatic heterocycles. The molecule has 0 unspecified atom stereocenters. The van der Waals surface area contributed by atoms with E-state index in [2.05, 4.69) is 11.8 Å². The summed E-state index contributed by atoms with van der Waals surface area (Å²) < 4.78 is 18.3. The molecular formula is C52H47N3O12. The molecule has 3 N–H and O–H groups in total. The first-order valence-electron chi connectivity index (χ1n) is 22.2. The number of fused-ring (bicyclic) bond motifs is 3. The van der Waals surface area contributed by atoms with Crippen molar-refractivity contribution in [2.24, 2.45) is 5.92 Å². The Morgan fingerprint density at radius 2 is 1.49 bits per heavy atom. The van der Waals surface area contributed by atoms with Crippen molar-refractivity contribution in [1.29, 1.82) is 0 Å². The topological polar surface area (TPSA) is 206 Å². The normalized spacial score (nSPS) is 24.1. The van der Waals surface area contributed by atoms with Crippen molar-refractivity contribution >= 4 is 35.3 Å². The van der Waals surface area contributed by atoms with E-state index in [9.17, 15) is 39.8 Å². The third kappa shape index (κ3) is 8.07. The predicted octanol–water partition coefficient (Wildman–Crippen LogP) is 7.49. The van der Waals surface area contributed by atoms with E-state index >= 15 is 4.79 Å². The number of non-ortho nitro benzene ring substituents is 1. The van der Waals surface area contributed by atoms with Gasteiger partial charge in [-0.1, -0.05) is 104 Å². The maximum absolute atomic E-state index is 16.2. The number of carboxylic acids is 1. The number of carbonyl (C=O) groups is 4. The first kappa shape index (κ1) is 44.8. The lowest BCUT2D eigenvalue weighted by Crippen LogP contribution is -2.53. The molecule has 5 aromatic carbocycles. The number of aliphatic carboxylic acids is 1. The second kappa shape index (κ2) is 18.5. The zero-order chi connectivity index (χ0) is 46.9. The molecule has 2 saturated heterocycles. The van der Waals surface area contributed by atoms with E-state index in [1.54, 1.807) is 65.6 Å². The molecule has 2 amide bonds. The van der Waals surface area contributed by atoms with E-state index in [1.807, 2.05) is 36.4 Å². The van der Waals surface area contributed by atoms with Gasteiger partial charge in [0.25, 0.3) is 5.69 Å². The highest BCUT2D eigenvalue weighted by molar-refractivity contribution is 6.23. The Labute approximate surface area is 385 Å². The molecule has 0 bridgehead atoms. The van der Waals surface area contributed by atoms with Crippen LogP contribution in [-0.4, -0.2) is 73.9 Å². The minimum absolute atomic E-state index is 0.0217. The first-order valence-corrected chi connectivity index (χ1v) is 22.2. The number of hydrogen-bond acceptors (Lipinski definition) is 12. The highest BCUT2D eigenvalue weighted by Gasteiger charge is 2.76. The van der Waals surface area contributed by atoms with Crippen molar-refractivity contribution in [1.82, 2.24) is 4.90 Å². The number of esters is 1. The number of aliphatic hydroxyl groups is 2. The molecule has 4 aliphatic rings. The van der Waals surface area contributed by atoms with Gasteiger partial charge in [-0.05, 0) is 84.3 Å². The highest BCUT2D eigenvalue weighted by Crippen LogP contribution is 2.66. The van der Waals surface area contributed by atoms with Crippen LogP contribution < -0.4 is 9.64 Å². The summed E-state index contributed by atoms with van der Waals surface area (Å²) in [5, 5.41) is 44.6. The number of hydrogen-bond donors (Lipinski definition) is 3. The van der Waals surface area contributed by atoms with E-state index in [-0.39, 0.29) is 41.5 Å². The third-order valence-electron chi connectivity index (χ3n) is 13.3. The van der Waals surface area contributed by atoms with Crippen molar-refractivity contribution in [2.45, 2.75) is 80.4 Å². The number of morpholine rings is 1. The van der Waals surface area contributed by atoms with Crippen LogP contribution in [0.1, 0.15) is 90.1 Å². The van der Waals surface area contributed by atoms with Gasteiger partial charge in [-0.3, -0.25) is 29.4 Å². The number of nitro benzene ring substituents is 1. The Hall–Kier alpha value is -7.38. The number of nitro groups is 1. The van der Waals surface area contributed by atoms with Gasteiger partial charge >= 0.3 is 18.0 Å². The number of imide groups is 1. The molecule has 3 fully saturated rings. The number of para-hydroxylation sites is 1. The van der Waals surface area contributed by atoms with Gasteiger partial charge in [0, 0.05) is 23.3 Å². The summed E-state index contributed by atoms with van der Waals surface area (Å²) in [5.74, 6) is 0.987. The summed E-state index contributed by atoms with van der Waals surface area (Å²) in [6.45, 7) is -0.966. The van der Waals surface area contributed by atoms with Crippen LogP contribution in [0, 0.1) is 27.9 Å². The van der Waals surface area contributed by atoms with Gasteiger partial charge < -0.3 is 29.5 Å². The number of amides is 2. The monoisotopic (exact) mass is 905 g/mol. The minimum Gasteiger partial charge on any atom is -0.491 e. The fourth-order valence-electron chi connectivity index (χ4n) is 10.5. The Morgan fingerprint density at radius 3 is 2.15 bits per heavy atom. The molecule has 15 heteroatoms. The van der Waals surface area contributed by atoms with Gasteiger partial charge in [0.2, 0.25) is 5.91 Å². The van der Waals surface area contributed by atoms with Crippen molar-refractivity contribution < 1.29 is 53.6 Å². The number of rotatable bonds is 10. The van der Waals surface area contributed by atoms with E-state index in [0.29, 0.717) is 35.1 Å². The standard InChI is InChI=1S/C52H47N3O12/c56-29-30-65-41-18-10-9-17-38(41)46-52(42(47(57)58)44-48(59)67-45(36-15-7-4-8-16-36)43(54(44)46)35-13-5-3-6-14-35)39-31-33(25-28-51(62)26-11-1-2-12-27-51)21-24-40(39)53(49(52)60)50(61)66-32-34-19-22-37(23-20-34)55(63)64/h3-10,13-24,31,42-46,56,62H,1-2,11-12,26-27,29-30,32H2,(H,57,58)/t42-,43-,44-,45+,46+,52-/m0/s1. The lowest BCUT2D eigenvalue weighted by atomic mass is 9.65. The van der Waals surface area contributed by atoms with Crippen LogP contribution in [-0.2, 0) is 35.9 Å². The molecule has 1 spiro atoms. The molecule has 1 aliphatic carbocycles. The van der Waals surface area contributed by atoms with E-state index < -0.39 is 76.6 Å². The Kier molecular flexibility index (Phi) is 12.4. The molecule has 3 heterocycles. The minimum atomic E-state index is -2.33. The van der Waals surface area contributed by atoms with Crippen LogP contribution in [0.25, 0.3) is 0 Å². The second-order valence-electron chi connectivity index (χ2n) is 17.3. The first-order chi connectivity index (χ1) is 32.5. The van der Waals surface area contributed by atoms with Gasteiger partial charge in [0.15, 0.2) is 0 Å². The molecule has 6 atom stereocenters. The average molecular weight is 906 g/mol. The zero-order valence-electron chi connectivity index (χ0n) is 36.2. The summed E-state index contributed by atoms with van der Waals surface area (Å²) in [7, 11) is 0. The van der Waals surface area contributed by atoms with Crippen LogP contribution in [0.2, 0.25) is 0 Å². The van der Waals surface area contributed by atoms with Gasteiger partial charge in [0.05, 0.1) is 29.3 Å². The lowest BCUT2D eigenvalue weighted by Gasteiger charge is -2.46. The maximum atomic E-state index is 16.2. The van der Waals surface area contributed by atoms with E-state index in [1.165, 1.54) is 30.3 Å². The van der Waals surface area contributed by atoms with Crippen LogP contribution in [0.4, 0.5) is 16.2 Å². The molecule has 1 saturated carbocycles. The lowest BCUT2D eigenvalue weighted by molar-refractivity contribution is -0.384. The van der Waals surface area contributed by atoms with Crippen LogP contribution in [0.15, 0.2) is 127 Å². The largest absolute Gasteiger partial charge is 0.491 e. The smallest absolute Gasteiger partial charge is 0.421 e. The average Bonchev–Trinajstić information content (AvgIpc) is 3.68. The van der Waals surface area contributed by atoms with Gasteiger partial charge in [0.1, 0.15) is 48.0 Å². The van der Waals surface area contributed by atoms with E-state index in [0.717, 1.165) is 30.6 Å². The van der Waals surface area contributed by atoms with Crippen molar-refractivity contribution in [2.75, 3.05) is 18.1 Å². The SMILES string of the molecule is O=C1O[C@H](c2ccccc2)[C@H](c2ccccc2)N2[C@H]1[C@@H](C(=O)O)[C@]1(C(=O)N(C(=O)OCc3ccc([N+](=O)[O-])cc3)c3ccc(C#CC4(O)CCCCCC4)cc31)[C@H]2c1ccccc1OCCO. The second-order valence-corrected chi connectivity index (χ2v) is 17.3. The Morgan fingerprint density at radius 1 is 0.836 bits per heavy atom. The van der Waals surface area contributed by atoms with Crippen LogP contribution >= 0.6 is 0 Å². The van der Waals surface area contributed by atoms with Gasteiger partial charge in [-0.15, -0.1) is 0 Å². The predicted molar refractivity (Wildman–Crippen MR) is 241 cm³/mol. The Balaban J connectivity index is 1.30. The number of benzene rings is 5. The van der Waals surface area contributed by atoms with Gasteiger partial charge in [-0.2, -0.15) is 0 Å². The Bertz CT molecular complexity index is 2770.